The first-order chi connectivity index (χ1) is 19.5. The molecule has 43 heavy (non-hydrogen) atoms. The summed E-state index contributed by atoms with van der Waals surface area (Å²) in [5, 5.41) is 10.3. The van der Waals surface area contributed by atoms with Gasteiger partial charge in [0.1, 0.15) is 6.54 Å². The van der Waals surface area contributed by atoms with Crippen LogP contribution in [0.4, 0.5) is 0 Å². The Morgan fingerprint density at radius 2 is 1.30 bits per heavy atom. The normalized spacial score (nSPS) is 13.0. The van der Waals surface area contributed by atoms with Gasteiger partial charge in [-0.05, 0) is 25.7 Å². The third kappa shape index (κ3) is 55.0. The smallest absolute Gasteiger partial charge is 0.327 e. The largest absolute Gasteiger partial charge is 0.544 e. The average Bonchev–Trinajstić information content (AvgIpc) is 3.37. The van der Waals surface area contributed by atoms with Crippen LogP contribution in [0.3, 0.4) is 0 Å². The minimum absolute atomic E-state index is 0. The van der Waals surface area contributed by atoms with Crippen molar-refractivity contribution in [1.82, 2.24) is 4.90 Å². The van der Waals surface area contributed by atoms with Gasteiger partial charge in [-0.2, -0.15) is 0 Å². The van der Waals surface area contributed by atoms with Gasteiger partial charge in [0.05, 0.1) is 54.3 Å². The van der Waals surface area contributed by atoms with Crippen molar-refractivity contribution in [3.05, 3.63) is 0 Å². The van der Waals surface area contributed by atoms with Gasteiger partial charge in [-0.15, -0.1) is 0 Å². The fraction of sp³-hybridized carbons (Fsp3) is 0.938. The zero-order chi connectivity index (χ0) is 34.8. The van der Waals surface area contributed by atoms with Crippen LogP contribution in [0.1, 0.15) is 121 Å². The summed E-state index contributed by atoms with van der Waals surface area (Å²) in [6.45, 7) is 24.4. The maximum absolute atomic E-state index is 11.0. The van der Waals surface area contributed by atoms with Crippen molar-refractivity contribution in [2.24, 2.45) is 0 Å². The molecule has 263 valence electrons. The van der Waals surface area contributed by atoms with E-state index in [1.807, 2.05) is 60.5 Å². The molecule has 1 heterocycles. The van der Waals surface area contributed by atoms with Crippen molar-refractivity contribution in [1.29, 1.82) is 0 Å². The monoisotopic (exact) mass is 719 g/mol. The molecular formula is C32H77N3O6PY+. The van der Waals surface area contributed by atoms with Crippen LogP contribution in [-0.4, -0.2) is 112 Å². The Labute approximate surface area is 295 Å². The average molecular weight is 720 g/mol. The number of carboxylic acids is 1. The molecule has 1 aliphatic heterocycles. The first-order valence-electron chi connectivity index (χ1n) is 16.5. The van der Waals surface area contributed by atoms with Gasteiger partial charge in [-0.3, -0.25) is 9.36 Å². The van der Waals surface area contributed by atoms with Crippen LogP contribution < -0.4 is 5.11 Å². The third-order valence-corrected chi connectivity index (χ3v) is 6.86. The number of hydrogen-bond donors (Lipinski definition) is 1. The molecule has 1 unspecified atom stereocenters. The Kier molecular flexibility index (Phi) is 54.7. The first-order valence-corrected chi connectivity index (χ1v) is 18.2. The van der Waals surface area contributed by atoms with E-state index >= 15 is 0 Å². The number of nitrogens with zero attached hydrogens (tertiary/aromatic N) is 3. The van der Waals surface area contributed by atoms with Gasteiger partial charge < -0.3 is 33.2 Å². The van der Waals surface area contributed by atoms with Crippen LogP contribution in [0.5, 0.6) is 0 Å². The van der Waals surface area contributed by atoms with Crippen molar-refractivity contribution >= 4 is 19.5 Å². The van der Waals surface area contributed by atoms with Crippen molar-refractivity contribution in [2.45, 2.75) is 121 Å². The number of hydrogen-bond acceptors (Lipinski definition) is 5. The molecule has 1 amide bonds. The van der Waals surface area contributed by atoms with E-state index in [-0.39, 0.29) is 45.4 Å². The number of carboxylic acid groups (broad SMARTS) is 1. The minimum Gasteiger partial charge on any atom is -0.544 e. The number of quaternary nitrogens is 2. The zero-order valence-electron chi connectivity index (χ0n) is 31.8. The van der Waals surface area contributed by atoms with E-state index in [1.165, 1.54) is 32.9 Å². The number of aliphatic carboxylic acids is 1. The van der Waals surface area contributed by atoms with Crippen LogP contribution in [0.2, 0.25) is 0 Å². The molecule has 0 aromatic carbocycles. The van der Waals surface area contributed by atoms with Gasteiger partial charge in [0.2, 0.25) is 5.91 Å². The van der Waals surface area contributed by atoms with Crippen LogP contribution in [0.25, 0.3) is 0 Å². The molecule has 1 rings (SSSR count). The number of unbranched alkanes of at least 4 members (excludes halogenated alkanes) is 3. The maximum Gasteiger partial charge on any atom is 0.327 e. The fourth-order valence-electron chi connectivity index (χ4n) is 3.07. The van der Waals surface area contributed by atoms with E-state index in [0.717, 1.165) is 56.2 Å². The Balaban J connectivity index is -0.0000000760. The molecular weight excluding hydrogens is 642 g/mol. The molecule has 1 fully saturated rings. The number of carbonyl (C=O) groups excluding carboxylic acids is 2. The molecule has 0 aromatic heterocycles. The van der Waals surface area contributed by atoms with Crippen LogP contribution in [0.15, 0.2) is 0 Å². The number of likely N-dealkylation sites (tertiary alicyclic amines) is 1. The van der Waals surface area contributed by atoms with E-state index in [9.17, 15) is 19.3 Å². The van der Waals surface area contributed by atoms with Crippen molar-refractivity contribution in [3.8, 4) is 0 Å². The number of likely N-dealkylation sites (N-methyl/N-ethyl adjacent to an activating group) is 1. The quantitative estimate of drug-likeness (QED) is 0.174. The van der Waals surface area contributed by atoms with Gasteiger partial charge in [0.25, 0.3) is 0 Å². The second-order valence-corrected chi connectivity index (χ2v) is 13.2. The van der Waals surface area contributed by atoms with Crippen molar-refractivity contribution in [2.75, 3.05) is 81.2 Å². The van der Waals surface area contributed by atoms with Gasteiger partial charge in [0.15, 0.2) is 0 Å². The molecule has 0 saturated carbocycles. The Hall–Kier alpha value is 0.114. The molecule has 9 nitrogen and oxygen atoms in total. The molecule has 1 N–H and O–H groups in total. The minimum atomic E-state index is -3.15. The van der Waals surface area contributed by atoms with E-state index in [0.29, 0.717) is 10.4 Å². The van der Waals surface area contributed by atoms with E-state index in [4.69, 9.17) is 4.89 Å². The maximum atomic E-state index is 11.0. The third-order valence-electron chi connectivity index (χ3n) is 5.49. The zero-order valence-corrected chi connectivity index (χ0v) is 35.5. The molecule has 1 atom stereocenters. The van der Waals surface area contributed by atoms with Gasteiger partial charge in [-0.25, -0.2) is 0 Å². The molecule has 1 aliphatic rings. The first kappa shape index (κ1) is 58.6. The van der Waals surface area contributed by atoms with Crippen LogP contribution in [0, 0.1) is 0 Å². The molecule has 0 aliphatic carbocycles. The van der Waals surface area contributed by atoms with Gasteiger partial charge in [0, 0.05) is 65.5 Å². The predicted octanol–water partition coefficient (Wildman–Crippen LogP) is 6.43. The molecule has 1 radical (unpaired) electrons. The molecule has 11 heteroatoms. The van der Waals surface area contributed by atoms with Crippen LogP contribution >= 0.6 is 7.60 Å². The Bertz CT molecular complexity index is 610. The van der Waals surface area contributed by atoms with E-state index < -0.39 is 13.6 Å². The number of amides is 1. The summed E-state index contributed by atoms with van der Waals surface area (Å²) < 4.78 is 16.1. The summed E-state index contributed by atoms with van der Waals surface area (Å²) in [5.41, 5.74) is 0. The summed E-state index contributed by atoms with van der Waals surface area (Å²) in [4.78, 5) is 31.7. The van der Waals surface area contributed by atoms with E-state index in [1.54, 1.807) is 6.92 Å². The summed E-state index contributed by atoms with van der Waals surface area (Å²) >= 11 is 0. The number of carbonyl (C=O) groups is 2. The fourth-order valence-corrected chi connectivity index (χ4v) is 3.32. The van der Waals surface area contributed by atoms with Gasteiger partial charge >= 0.3 is 7.60 Å². The Morgan fingerprint density at radius 3 is 1.53 bits per heavy atom. The van der Waals surface area contributed by atoms with Crippen LogP contribution in [-0.2, 0) is 51.4 Å². The summed E-state index contributed by atoms with van der Waals surface area (Å²) in [7, 11) is 8.58. The second kappa shape index (κ2) is 40.1. The SMILES string of the molecule is CC.CC.CC.CCCCN1CCCC1=O.CCCC[N+](C)(C)C.CCCC[N+](C)(C)CC(=O)[O-].CCP(=O)(O)OC.[Y]. The topological polar surface area (TPSA) is 107 Å². The Morgan fingerprint density at radius 1 is 0.884 bits per heavy atom. The van der Waals surface area contributed by atoms with Crippen molar-refractivity contribution in [3.63, 3.8) is 0 Å². The summed E-state index contributed by atoms with van der Waals surface area (Å²) in [5.74, 6) is -0.612. The number of rotatable bonds is 13. The molecule has 0 spiro atoms. The summed E-state index contributed by atoms with van der Waals surface area (Å²) in [6.07, 6.45) is 9.22. The molecule has 0 bridgehead atoms. The molecule has 1 saturated heterocycles. The van der Waals surface area contributed by atoms with Gasteiger partial charge in [-0.1, -0.05) is 88.5 Å². The predicted molar refractivity (Wildman–Crippen MR) is 182 cm³/mol. The van der Waals surface area contributed by atoms with E-state index in [2.05, 4.69) is 46.4 Å². The molecule has 0 aromatic rings. The standard InChI is InChI=1S/C8H17NO2.C8H15NO.C7H18N.C3H9O3P.3C2H6.Y/c1-4-5-6-9(2,3)7-8(10)11;1-2-3-6-9-7-4-5-8(9)10;1-5-6-7-8(2,3)4;1-3-7(4,5)6-2;3*1-2;/h4-7H2,1-3H3;2-7H2,1H3;5-7H2,1-4H3;3H2,1-2H3,(H,4,5);3*1-2H3;/q;;+1;;;;;. The summed E-state index contributed by atoms with van der Waals surface area (Å²) in [6, 6.07) is 0. The van der Waals surface area contributed by atoms with Crippen molar-refractivity contribution < 1.29 is 70.4 Å². The second-order valence-electron chi connectivity index (χ2n) is 10.9.